The fraction of sp³-hybridized carbons (Fsp3) is 0.278. The topological polar surface area (TPSA) is 35.5 Å². The molecule has 3 nitrogen and oxygen atoms in total. The minimum Gasteiger partial charge on any atom is -0.496 e. The van der Waals surface area contributed by atoms with E-state index in [9.17, 15) is 4.79 Å². The molecule has 0 amide bonds. The summed E-state index contributed by atoms with van der Waals surface area (Å²) in [7, 11) is 3.02. The first-order chi connectivity index (χ1) is 10.2. The predicted octanol–water partition coefficient (Wildman–Crippen LogP) is 3.83. The zero-order chi connectivity index (χ0) is 15.2. The number of hydrogen-bond donors (Lipinski definition) is 0. The fourth-order valence-corrected chi connectivity index (χ4v) is 2.59. The Kier molecular flexibility index (Phi) is 4.99. The normalized spacial score (nSPS) is 11.8. The largest absolute Gasteiger partial charge is 0.496 e. The number of carbonyl (C=O) groups excluding carboxylic acids is 1. The van der Waals surface area contributed by atoms with Gasteiger partial charge >= 0.3 is 5.97 Å². The van der Waals surface area contributed by atoms with Gasteiger partial charge in [-0.25, -0.2) is 4.79 Å². The Morgan fingerprint density at radius 2 is 1.76 bits per heavy atom. The van der Waals surface area contributed by atoms with E-state index in [-0.39, 0.29) is 11.9 Å². The summed E-state index contributed by atoms with van der Waals surface area (Å²) in [6.07, 6.45) is 0.838. The Balaban J connectivity index is 2.38. The maximum Gasteiger partial charge on any atom is 0.338 e. The molecule has 0 aliphatic carbocycles. The van der Waals surface area contributed by atoms with Gasteiger partial charge < -0.3 is 9.47 Å². The molecule has 0 heterocycles. The SMILES string of the molecule is COC(=O)c1cccc(OC)c1C(C)Cc1ccccc1. The van der Waals surface area contributed by atoms with Gasteiger partial charge in [0.1, 0.15) is 5.75 Å². The summed E-state index contributed by atoms with van der Waals surface area (Å²) in [5.41, 5.74) is 2.70. The lowest BCUT2D eigenvalue weighted by molar-refractivity contribution is 0.0598. The van der Waals surface area contributed by atoms with Crippen molar-refractivity contribution in [3.05, 3.63) is 65.2 Å². The second-order valence-corrected chi connectivity index (χ2v) is 5.00. The van der Waals surface area contributed by atoms with Crippen LogP contribution in [0.3, 0.4) is 0 Å². The van der Waals surface area contributed by atoms with Crippen molar-refractivity contribution >= 4 is 5.97 Å². The first-order valence-corrected chi connectivity index (χ1v) is 6.96. The lowest BCUT2D eigenvalue weighted by atomic mass is 9.89. The zero-order valence-corrected chi connectivity index (χ0v) is 12.6. The molecule has 0 aliphatic rings. The van der Waals surface area contributed by atoms with E-state index in [4.69, 9.17) is 9.47 Å². The first-order valence-electron chi connectivity index (χ1n) is 6.96. The molecule has 1 atom stereocenters. The number of esters is 1. The molecule has 0 N–H and O–H groups in total. The van der Waals surface area contributed by atoms with Gasteiger partial charge in [0.15, 0.2) is 0 Å². The monoisotopic (exact) mass is 284 g/mol. The Bertz CT molecular complexity index is 605. The van der Waals surface area contributed by atoms with E-state index < -0.39 is 0 Å². The molecule has 0 radical (unpaired) electrons. The van der Waals surface area contributed by atoms with E-state index in [0.717, 1.165) is 17.7 Å². The molecule has 0 aliphatic heterocycles. The van der Waals surface area contributed by atoms with Crippen molar-refractivity contribution in [2.45, 2.75) is 19.3 Å². The van der Waals surface area contributed by atoms with Crippen molar-refractivity contribution in [3.8, 4) is 5.75 Å². The second kappa shape index (κ2) is 6.93. The minimum atomic E-state index is -0.330. The summed E-state index contributed by atoms with van der Waals surface area (Å²) in [6, 6.07) is 15.7. The molecule has 3 heteroatoms. The third-order valence-electron chi connectivity index (χ3n) is 3.57. The Morgan fingerprint density at radius 1 is 1.05 bits per heavy atom. The lowest BCUT2D eigenvalue weighted by Crippen LogP contribution is -2.11. The third kappa shape index (κ3) is 3.43. The van der Waals surface area contributed by atoms with Crippen molar-refractivity contribution in [2.75, 3.05) is 14.2 Å². The van der Waals surface area contributed by atoms with E-state index >= 15 is 0 Å². The summed E-state index contributed by atoms with van der Waals surface area (Å²) in [6.45, 7) is 2.09. The average Bonchev–Trinajstić information content (AvgIpc) is 2.54. The quantitative estimate of drug-likeness (QED) is 0.783. The van der Waals surface area contributed by atoms with Gasteiger partial charge in [-0.2, -0.15) is 0 Å². The molecule has 110 valence electrons. The highest BCUT2D eigenvalue weighted by Crippen LogP contribution is 2.32. The smallest absolute Gasteiger partial charge is 0.338 e. The van der Waals surface area contributed by atoms with Gasteiger partial charge in [-0.05, 0) is 30.0 Å². The van der Waals surface area contributed by atoms with Crippen LogP contribution in [-0.4, -0.2) is 20.2 Å². The van der Waals surface area contributed by atoms with Crippen molar-refractivity contribution in [3.63, 3.8) is 0 Å². The second-order valence-electron chi connectivity index (χ2n) is 5.00. The van der Waals surface area contributed by atoms with Crippen LogP contribution in [0.2, 0.25) is 0 Å². The van der Waals surface area contributed by atoms with Gasteiger partial charge in [-0.15, -0.1) is 0 Å². The highest BCUT2D eigenvalue weighted by molar-refractivity contribution is 5.92. The molecular weight excluding hydrogens is 264 g/mol. The number of rotatable bonds is 5. The molecule has 21 heavy (non-hydrogen) atoms. The van der Waals surface area contributed by atoms with Crippen molar-refractivity contribution < 1.29 is 14.3 Å². The first kappa shape index (κ1) is 15.1. The van der Waals surface area contributed by atoms with Crippen LogP contribution in [0.25, 0.3) is 0 Å². The summed E-state index contributed by atoms with van der Waals surface area (Å²) in [5, 5.41) is 0. The van der Waals surface area contributed by atoms with Crippen molar-refractivity contribution in [2.24, 2.45) is 0 Å². The van der Waals surface area contributed by atoms with Crippen LogP contribution in [0, 0.1) is 0 Å². The van der Waals surface area contributed by atoms with Crippen molar-refractivity contribution in [1.82, 2.24) is 0 Å². The molecule has 0 fully saturated rings. The highest BCUT2D eigenvalue weighted by Gasteiger charge is 2.21. The van der Waals surface area contributed by atoms with Gasteiger partial charge in [-0.1, -0.05) is 43.3 Å². The van der Waals surface area contributed by atoms with E-state index in [0.29, 0.717) is 5.56 Å². The van der Waals surface area contributed by atoms with Crippen LogP contribution >= 0.6 is 0 Å². The van der Waals surface area contributed by atoms with Gasteiger partial charge in [0, 0.05) is 5.56 Å². The summed E-state index contributed by atoms with van der Waals surface area (Å²) in [4.78, 5) is 12.0. The summed E-state index contributed by atoms with van der Waals surface area (Å²) in [5.74, 6) is 0.544. The Morgan fingerprint density at radius 3 is 2.38 bits per heavy atom. The predicted molar refractivity (Wildman–Crippen MR) is 82.9 cm³/mol. The standard InChI is InChI=1S/C18H20O3/c1-13(12-14-8-5-4-6-9-14)17-15(18(19)21-3)10-7-11-16(17)20-2/h4-11,13H,12H2,1-3H3. The summed E-state index contributed by atoms with van der Waals surface area (Å²) >= 11 is 0. The zero-order valence-electron chi connectivity index (χ0n) is 12.6. The van der Waals surface area contributed by atoms with E-state index in [1.807, 2.05) is 30.3 Å². The molecule has 1 unspecified atom stereocenters. The van der Waals surface area contributed by atoms with Crippen LogP contribution in [0.4, 0.5) is 0 Å². The fourth-order valence-electron chi connectivity index (χ4n) is 2.59. The maximum atomic E-state index is 12.0. The average molecular weight is 284 g/mol. The van der Waals surface area contributed by atoms with Gasteiger partial charge in [-0.3, -0.25) is 0 Å². The number of carbonyl (C=O) groups is 1. The number of methoxy groups -OCH3 is 2. The minimum absolute atomic E-state index is 0.151. The van der Waals surface area contributed by atoms with Crippen molar-refractivity contribution in [1.29, 1.82) is 0 Å². The molecule has 2 aromatic rings. The molecule has 2 aromatic carbocycles. The highest BCUT2D eigenvalue weighted by atomic mass is 16.5. The van der Waals surface area contributed by atoms with E-state index in [1.54, 1.807) is 13.2 Å². The third-order valence-corrected chi connectivity index (χ3v) is 3.57. The van der Waals surface area contributed by atoms with Crippen LogP contribution in [0.5, 0.6) is 5.75 Å². The molecule has 0 bridgehead atoms. The van der Waals surface area contributed by atoms with Crippen LogP contribution in [0.15, 0.2) is 48.5 Å². The molecule has 0 saturated heterocycles. The molecular formula is C18H20O3. The maximum absolute atomic E-state index is 12.0. The van der Waals surface area contributed by atoms with E-state index in [2.05, 4.69) is 19.1 Å². The van der Waals surface area contributed by atoms with E-state index in [1.165, 1.54) is 12.7 Å². The van der Waals surface area contributed by atoms with Crippen LogP contribution in [0.1, 0.15) is 34.3 Å². The van der Waals surface area contributed by atoms with Crippen LogP contribution < -0.4 is 4.74 Å². The van der Waals surface area contributed by atoms with Crippen LogP contribution in [-0.2, 0) is 11.2 Å². The summed E-state index contributed by atoms with van der Waals surface area (Å²) < 4.78 is 10.3. The van der Waals surface area contributed by atoms with Gasteiger partial charge in [0.2, 0.25) is 0 Å². The van der Waals surface area contributed by atoms with Gasteiger partial charge in [0.05, 0.1) is 19.8 Å². The number of hydrogen-bond acceptors (Lipinski definition) is 3. The lowest BCUT2D eigenvalue weighted by Gasteiger charge is -2.19. The molecule has 0 spiro atoms. The Labute approximate surface area is 125 Å². The number of ether oxygens (including phenoxy) is 2. The molecule has 0 saturated carbocycles. The Hall–Kier alpha value is -2.29. The van der Waals surface area contributed by atoms with Gasteiger partial charge in [0.25, 0.3) is 0 Å². The number of benzene rings is 2. The molecule has 0 aromatic heterocycles. The molecule has 2 rings (SSSR count).